The third-order valence-electron chi connectivity index (χ3n) is 2.93. The molecule has 4 heteroatoms. The highest BCUT2D eigenvalue weighted by Crippen LogP contribution is 2.25. The first-order valence-electron chi connectivity index (χ1n) is 6.09. The summed E-state index contributed by atoms with van der Waals surface area (Å²) in [6, 6.07) is 7.09. The zero-order chi connectivity index (χ0) is 13.0. The number of hydrogen-bond donors (Lipinski definition) is 1. The van der Waals surface area contributed by atoms with Crippen LogP contribution in [0.3, 0.4) is 0 Å². The van der Waals surface area contributed by atoms with Gasteiger partial charge in [-0.15, -0.1) is 11.3 Å². The van der Waals surface area contributed by atoms with E-state index in [0.29, 0.717) is 6.42 Å². The number of nitrogens with zero attached hydrogens (tertiary/aromatic N) is 1. The van der Waals surface area contributed by atoms with Crippen LogP contribution in [0.1, 0.15) is 29.1 Å². The summed E-state index contributed by atoms with van der Waals surface area (Å²) in [4.78, 5) is 5.46. The minimum absolute atomic E-state index is 0.137. The van der Waals surface area contributed by atoms with Crippen molar-refractivity contribution in [3.8, 4) is 0 Å². The number of benzene rings is 1. The van der Waals surface area contributed by atoms with Crippen molar-refractivity contribution in [3.63, 3.8) is 0 Å². The molecule has 1 atom stereocenters. The van der Waals surface area contributed by atoms with Crippen LogP contribution < -0.4 is 5.32 Å². The van der Waals surface area contributed by atoms with Crippen molar-refractivity contribution < 1.29 is 4.39 Å². The highest BCUT2D eigenvalue weighted by Gasteiger charge is 2.17. The maximum atomic E-state index is 13.7. The minimum atomic E-state index is -0.137. The van der Waals surface area contributed by atoms with Crippen LogP contribution >= 0.6 is 11.3 Å². The summed E-state index contributed by atoms with van der Waals surface area (Å²) in [5.41, 5.74) is 3.62. The van der Waals surface area contributed by atoms with Gasteiger partial charge in [0.2, 0.25) is 0 Å². The van der Waals surface area contributed by atoms with E-state index in [4.69, 9.17) is 0 Å². The van der Waals surface area contributed by atoms with Crippen LogP contribution in [0.15, 0.2) is 29.8 Å². The van der Waals surface area contributed by atoms with Gasteiger partial charge in [0.05, 0.1) is 11.2 Å². The fourth-order valence-corrected chi connectivity index (χ4v) is 2.91. The summed E-state index contributed by atoms with van der Waals surface area (Å²) in [6.45, 7) is 4.92. The molecule has 0 saturated carbocycles. The van der Waals surface area contributed by atoms with Gasteiger partial charge in [-0.2, -0.15) is 0 Å². The van der Waals surface area contributed by atoms with Crippen LogP contribution in [0.4, 0.5) is 4.39 Å². The van der Waals surface area contributed by atoms with Gasteiger partial charge < -0.3 is 5.32 Å². The molecule has 0 amide bonds. The molecule has 0 aliphatic carbocycles. The van der Waals surface area contributed by atoms with Gasteiger partial charge in [0.25, 0.3) is 0 Å². The zero-order valence-corrected chi connectivity index (χ0v) is 11.4. The van der Waals surface area contributed by atoms with Crippen molar-refractivity contribution in [3.05, 3.63) is 51.7 Å². The van der Waals surface area contributed by atoms with E-state index in [1.165, 1.54) is 10.9 Å². The average Bonchev–Trinajstić information content (AvgIpc) is 2.78. The van der Waals surface area contributed by atoms with Crippen molar-refractivity contribution in [2.75, 3.05) is 6.54 Å². The highest BCUT2D eigenvalue weighted by molar-refractivity contribution is 7.09. The van der Waals surface area contributed by atoms with Gasteiger partial charge in [0.15, 0.2) is 0 Å². The fourth-order valence-electron chi connectivity index (χ4n) is 2.03. The van der Waals surface area contributed by atoms with Crippen molar-refractivity contribution in [2.24, 2.45) is 0 Å². The Kier molecular flexibility index (Phi) is 4.44. The van der Waals surface area contributed by atoms with Gasteiger partial charge >= 0.3 is 0 Å². The van der Waals surface area contributed by atoms with Gasteiger partial charge in [-0.3, -0.25) is 0 Å². The number of thiazole rings is 1. The highest BCUT2D eigenvalue weighted by atomic mass is 32.1. The number of aryl methyl sites for hydroxylation is 1. The fraction of sp³-hybridized carbons (Fsp3) is 0.357. The first kappa shape index (κ1) is 13.2. The molecule has 0 bridgehead atoms. The van der Waals surface area contributed by atoms with E-state index in [0.717, 1.165) is 17.8 Å². The number of likely N-dealkylation sites (N-methyl/N-ethyl adjacent to an activating group) is 1. The molecule has 0 fully saturated rings. The van der Waals surface area contributed by atoms with Gasteiger partial charge in [0.1, 0.15) is 5.82 Å². The van der Waals surface area contributed by atoms with Crippen LogP contribution in [0.2, 0.25) is 0 Å². The number of rotatable bonds is 5. The normalized spacial score (nSPS) is 12.6. The van der Waals surface area contributed by atoms with Crippen LogP contribution in [0.5, 0.6) is 0 Å². The van der Waals surface area contributed by atoms with E-state index < -0.39 is 0 Å². The topological polar surface area (TPSA) is 24.9 Å². The Hall–Kier alpha value is -1.26. The predicted octanol–water partition coefficient (Wildman–Crippen LogP) is 3.48. The van der Waals surface area contributed by atoms with Crippen LogP contribution in [0, 0.1) is 12.7 Å². The molecule has 0 radical (unpaired) electrons. The predicted molar refractivity (Wildman–Crippen MR) is 73.4 cm³/mol. The Morgan fingerprint density at radius 1 is 1.39 bits per heavy atom. The molecule has 0 aliphatic heterocycles. The molecule has 1 unspecified atom stereocenters. The Labute approximate surface area is 111 Å². The smallest absolute Gasteiger partial charge is 0.126 e. The summed E-state index contributed by atoms with van der Waals surface area (Å²) < 4.78 is 13.7. The molecule has 0 spiro atoms. The maximum absolute atomic E-state index is 13.7. The van der Waals surface area contributed by atoms with Crippen LogP contribution in [-0.2, 0) is 6.42 Å². The Bertz CT molecular complexity index is 510. The lowest BCUT2D eigenvalue weighted by Gasteiger charge is -2.17. The molecule has 0 saturated heterocycles. The summed E-state index contributed by atoms with van der Waals surface area (Å²) in [5.74, 6) is -0.137. The molecular weight excluding hydrogens is 247 g/mol. The number of halogens is 1. The molecule has 18 heavy (non-hydrogen) atoms. The summed E-state index contributed by atoms with van der Waals surface area (Å²) >= 11 is 1.63. The van der Waals surface area contributed by atoms with Crippen LogP contribution in [-0.4, -0.2) is 11.5 Å². The number of nitrogens with one attached hydrogen (secondary N) is 1. The van der Waals surface area contributed by atoms with E-state index in [1.807, 2.05) is 24.6 Å². The SMILES string of the molecule is CCNC(Cc1ccccc1F)c1scnc1C. The second kappa shape index (κ2) is 6.07. The largest absolute Gasteiger partial charge is 0.309 e. The van der Waals surface area contributed by atoms with Gasteiger partial charge in [-0.1, -0.05) is 25.1 Å². The molecule has 1 heterocycles. The first-order chi connectivity index (χ1) is 8.72. The zero-order valence-electron chi connectivity index (χ0n) is 10.6. The van der Waals surface area contributed by atoms with E-state index in [1.54, 1.807) is 17.4 Å². The van der Waals surface area contributed by atoms with Crippen molar-refractivity contribution >= 4 is 11.3 Å². The lowest BCUT2D eigenvalue weighted by molar-refractivity contribution is 0.532. The first-order valence-corrected chi connectivity index (χ1v) is 6.97. The Morgan fingerprint density at radius 2 is 2.17 bits per heavy atom. The molecule has 2 nitrogen and oxygen atoms in total. The van der Waals surface area contributed by atoms with Gasteiger partial charge in [0, 0.05) is 10.9 Å². The minimum Gasteiger partial charge on any atom is -0.309 e. The van der Waals surface area contributed by atoms with E-state index >= 15 is 0 Å². The maximum Gasteiger partial charge on any atom is 0.126 e. The Balaban J connectivity index is 2.22. The molecule has 96 valence electrons. The molecule has 2 rings (SSSR count). The number of hydrogen-bond acceptors (Lipinski definition) is 3. The standard InChI is InChI=1S/C14H17FN2S/c1-3-16-13(14-10(2)17-9-18-14)8-11-6-4-5-7-12(11)15/h4-7,9,13,16H,3,8H2,1-2H3. The average molecular weight is 264 g/mol. The molecular formula is C14H17FN2S. The third-order valence-corrected chi connectivity index (χ3v) is 3.98. The van der Waals surface area contributed by atoms with Gasteiger partial charge in [-0.25, -0.2) is 9.37 Å². The molecule has 1 aromatic carbocycles. The van der Waals surface area contributed by atoms with E-state index in [9.17, 15) is 4.39 Å². The monoisotopic (exact) mass is 264 g/mol. The molecule has 1 N–H and O–H groups in total. The lowest BCUT2D eigenvalue weighted by atomic mass is 10.0. The van der Waals surface area contributed by atoms with Crippen molar-refractivity contribution in [2.45, 2.75) is 26.3 Å². The van der Waals surface area contributed by atoms with E-state index in [2.05, 4.69) is 17.2 Å². The molecule has 2 aromatic rings. The summed E-state index contributed by atoms with van der Waals surface area (Å²) in [7, 11) is 0. The van der Waals surface area contributed by atoms with Crippen molar-refractivity contribution in [1.82, 2.24) is 10.3 Å². The molecule has 1 aromatic heterocycles. The Morgan fingerprint density at radius 3 is 2.78 bits per heavy atom. The third kappa shape index (κ3) is 2.94. The summed E-state index contributed by atoms with van der Waals surface area (Å²) in [6.07, 6.45) is 0.656. The molecule has 0 aliphatic rings. The quantitative estimate of drug-likeness (QED) is 0.894. The number of aromatic nitrogens is 1. The van der Waals surface area contributed by atoms with Gasteiger partial charge in [-0.05, 0) is 31.5 Å². The second-order valence-corrected chi connectivity index (χ2v) is 5.09. The summed E-state index contributed by atoms with van der Waals surface area (Å²) in [5, 5.41) is 3.41. The van der Waals surface area contributed by atoms with E-state index in [-0.39, 0.29) is 11.9 Å². The van der Waals surface area contributed by atoms with Crippen molar-refractivity contribution in [1.29, 1.82) is 0 Å². The van der Waals surface area contributed by atoms with Crippen LogP contribution in [0.25, 0.3) is 0 Å². The second-order valence-electron chi connectivity index (χ2n) is 4.21. The lowest BCUT2D eigenvalue weighted by Crippen LogP contribution is -2.23.